The molecule has 0 spiro atoms. The van der Waals surface area contributed by atoms with E-state index in [4.69, 9.17) is 9.47 Å². The smallest absolute Gasteiger partial charge is 0.246 e. The molecule has 2 aromatic rings. The number of hydrogen-bond donors (Lipinski definition) is 0. The van der Waals surface area contributed by atoms with Gasteiger partial charge in [0, 0.05) is 32.2 Å². The van der Waals surface area contributed by atoms with Gasteiger partial charge in [-0.1, -0.05) is 30.3 Å². The minimum absolute atomic E-state index is 0.0000531. The van der Waals surface area contributed by atoms with E-state index in [0.717, 1.165) is 0 Å². The fourth-order valence-electron chi connectivity index (χ4n) is 3.19. The van der Waals surface area contributed by atoms with E-state index >= 15 is 0 Å². The maximum atomic E-state index is 13.1. The number of sulfonamides is 2. The van der Waals surface area contributed by atoms with E-state index in [2.05, 4.69) is 0 Å². The highest BCUT2D eigenvalue weighted by molar-refractivity contribution is 7.89. The van der Waals surface area contributed by atoms with Gasteiger partial charge >= 0.3 is 0 Å². The molecule has 2 aromatic carbocycles. The van der Waals surface area contributed by atoms with E-state index in [9.17, 15) is 16.8 Å². The number of benzene rings is 2. The first kappa shape index (κ1) is 21.6. The Hall–Kier alpha value is -2.14. The highest BCUT2D eigenvalue weighted by Crippen LogP contribution is 2.31. The Morgan fingerprint density at radius 1 is 0.828 bits per heavy atom. The lowest BCUT2D eigenvalue weighted by Crippen LogP contribution is -2.50. The van der Waals surface area contributed by atoms with Gasteiger partial charge in [-0.2, -0.15) is 8.61 Å². The Bertz CT molecular complexity index is 1050. The van der Waals surface area contributed by atoms with Gasteiger partial charge in [0.1, 0.15) is 16.4 Å². The summed E-state index contributed by atoms with van der Waals surface area (Å²) in [5.41, 5.74) is 0.698. The van der Waals surface area contributed by atoms with E-state index in [1.807, 2.05) is 6.07 Å². The summed E-state index contributed by atoms with van der Waals surface area (Å²) in [6, 6.07) is 13.5. The standard InChI is InChI=1S/C19H24N2O6S2/c1-26-17-8-9-18(27-2)19(14-17)29(24,25)21-12-10-20(11-13-21)28(22,23)15-16-6-4-3-5-7-16/h3-9,14H,10-13,15H2,1-2H3. The fourth-order valence-corrected chi connectivity index (χ4v) is 6.30. The van der Waals surface area contributed by atoms with Crippen molar-refractivity contribution >= 4 is 20.0 Å². The third kappa shape index (κ3) is 4.72. The fraction of sp³-hybridized carbons (Fsp3) is 0.368. The van der Waals surface area contributed by atoms with E-state index < -0.39 is 20.0 Å². The van der Waals surface area contributed by atoms with Crippen LogP contribution in [0.1, 0.15) is 5.56 Å². The summed E-state index contributed by atoms with van der Waals surface area (Å²) in [5.74, 6) is 0.503. The molecule has 29 heavy (non-hydrogen) atoms. The van der Waals surface area contributed by atoms with Gasteiger partial charge in [0.15, 0.2) is 0 Å². The molecule has 0 unspecified atom stereocenters. The van der Waals surface area contributed by atoms with Crippen LogP contribution in [0.25, 0.3) is 0 Å². The molecule has 0 bridgehead atoms. The molecule has 0 saturated carbocycles. The first-order chi connectivity index (χ1) is 13.8. The number of rotatable bonds is 7. The average Bonchev–Trinajstić information content (AvgIpc) is 2.73. The number of methoxy groups -OCH3 is 2. The number of piperazine rings is 1. The molecule has 1 aliphatic rings. The molecule has 10 heteroatoms. The molecule has 0 radical (unpaired) electrons. The van der Waals surface area contributed by atoms with Crippen LogP contribution in [0.15, 0.2) is 53.4 Å². The first-order valence-electron chi connectivity index (χ1n) is 9.02. The molecule has 1 saturated heterocycles. The highest BCUT2D eigenvalue weighted by atomic mass is 32.2. The van der Waals surface area contributed by atoms with Crippen molar-refractivity contribution in [2.45, 2.75) is 10.6 Å². The second-order valence-corrected chi connectivity index (χ2v) is 10.4. The topological polar surface area (TPSA) is 93.2 Å². The summed E-state index contributed by atoms with van der Waals surface area (Å²) < 4.78 is 64.5. The summed E-state index contributed by atoms with van der Waals surface area (Å²) in [6.07, 6.45) is 0. The van der Waals surface area contributed by atoms with Crippen molar-refractivity contribution in [1.82, 2.24) is 8.61 Å². The Morgan fingerprint density at radius 2 is 1.45 bits per heavy atom. The number of nitrogens with zero attached hydrogens (tertiary/aromatic N) is 2. The summed E-state index contributed by atoms with van der Waals surface area (Å²) in [5, 5.41) is 0. The Kier molecular flexibility index (Phi) is 6.47. The molecule has 3 rings (SSSR count). The lowest BCUT2D eigenvalue weighted by atomic mass is 10.2. The third-order valence-electron chi connectivity index (χ3n) is 4.77. The summed E-state index contributed by atoms with van der Waals surface area (Å²) in [6.45, 7) is 0.328. The highest BCUT2D eigenvalue weighted by Gasteiger charge is 2.34. The van der Waals surface area contributed by atoms with Gasteiger partial charge in [-0.15, -0.1) is 0 Å². The van der Waals surface area contributed by atoms with Crippen LogP contribution < -0.4 is 9.47 Å². The summed E-state index contributed by atoms with van der Waals surface area (Å²) in [7, 11) is -4.53. The van der Waals surface area contributed by atoms with E-state index in [0.29, 0.717) is 11.3 Å². The van der Waals surface area contributed by atoms with Crippen molar-refractivity contribution in [2.24, 2.45) is 0 Å². The minimum Gasteiger partial charge on any atom is -0.497 e. The molecule has 1 aliphatic heterocycles. The molecule has 0 aliphatic carbocycles. The van der Waals surface area contributed by atoms with Gasteiger partial charge in [-0.3, -0.25) is 0 Å². The van der Waals surface area contributed by atoms with Crippen molar-refractivity contribution in [3.05, 3.63) is 54.1 Å². The van der Waals surface area contributed by atoms with Gasteiger partial charge in [0.05, 0.1) is 20.0 Å². The minimum atomic E-state index is -3.86. The SMILES string of the molecule is COc1ccc(OC)c(S(=O)(=O)N2CCN(S(=O)(=O)Cc3ccccc3)CC2)c1. The molecule has 0 aromatic heterocycles. The summed E-state index contributed by atoms with van der Waals surface area (Å²) in [4.78, 5) is -0.0000531. The predicted molar refractivity (Wildman–Crippen MR) is 109 cm³/mol. The third-order valence-corrected chi connectivity index (χ3v) is 8.54. The van der Waals surface area contributed by atoms with E-state index in [1.165, 1.54) is 35.0 Å². The molecule has 0 atom stereocenters. The van der Waals surface area contributed by atoms with Crippen molar-refractivity contribution in [1.29, 1.82) is 0 Å². The van der Waals surface area contributed by atoms with Gasteiger partial charge in [0.25, 0.3) is 0 Å². The van der Waals surface area contributed by atoms with Crippen molar-refractivity contribution in [2.75, 3.05) is 40.4 Å². The van der Waals surface area contributed by atoms with Crippen LogP contribution in [-0.2, 0) is 25.8 Å². The molecule has 0 N–H and O–H groups in total. The Morgan fingerprint density at radius 3 is 2.03 bits per heavy atom. The van der Waals surface area contributed by atoms with Crippen LogP contribution in [0.2, 0.25) is 0 Å². The summed E-state index contributed by atoms with van der Waals surface area (Å²) >= 11 is 0. The van der Waals surface area contributed by atoms with Crippen LogP contribution in [0.4, 0.5) is 0 Å². The lowest BCUT2D eigenvalue weighted by molar-refractivity contribution is 0.271. The molecule has 0 amide bonds. The molecule has 8 nitrogen and oxygen atoms in total. The maximum Gasteiger partial charge on any atom is 0.246 e. The second kappa shape index (κ2) is 8.70. The zero-order valence-electron chi connectivity index (χ0n) is 16.3. The van der Waals surface area contributed by atoms with Crippen molar-refractivity contribution < 1.29 is 26.3 Å². The van der Waals surface area contributed by atoms with E-state index in [1.54, 1.807) is 30.3 Å². The average molecular weight is 441 g/mol. The van der Waals surface area contributed by atoms with Crippen molar-refractivity contribution in [3.8, 4) is 11.5 Å². The van der Waals surface area contributed by atoms with Crippen molar-refractivity contribution in [3.63, 3.8) is 0 Å². The van der Waals surface area contributed by atoms with Crippen LogP contribution in [-0.4, -0.2) is 65.8 Å². The normalized spacial score (nSPS) is 16.5. The van der Waals surface area contributed by atoms with Gasteiger partial charge in [-0.25, -0.2) is 16.8 Å². The molecule has 158 valence electrons. The van der Waals surface area contributed by atoms with Crippen LogP contribution >= 0.6 is 0 Å². The monoisotopic (exact) mass is 440 g/mol. The molecular weight excluding hydrogens is 416 g/mol. The molecular formula is C19H24N2O6S2. The van der Waals surface area contributed by atoms with Gasteiger partial charge in [-0.05, 0) is 17.7 Å². The van der Waals surface area contributed by atoms with E-state index in [-0.39, 0.29) is 42.6 Å². The zero-order chi connectivity index (χ0) is 21.1. The van der Waals surface area contributed by atoms with Crippen LogP contribution in [0.5, 0.6) is 11.5 Å². The van der Waals surface area contributed by atoms with Gasteiger partial charge in [0.2, 0.25) is 20.0 Å². The van der Waals surface area contributed by atoms with Crippen LogP contribution in [0, 0.1) is 0 Å². The van der Waals surface area contributed by atoms with Gasteiger partial charge < -0.3 is 9.47 Å². The number of ether oxygens (including phenoxy) is 2. The predicted octanol–water partition coefficient (Wildman–Crippen LogP) is 1.54. The Labute approximate surface area is 171 Å². The largest absolute Gasteiger partial charge is 0.497 e. The zero-order valence-corrected chi connectivity index (χ0v) is 17.9. The Balaban J connectivity index is 1.75. The second-order valence-electron chi connectivity index (χ2n) is 6.56. The maximum absolute atomic E-state index is 13.1. The molecule has 1 fully saturated rings. The van der Waals surface area contributed by atoms with Crippen LogP contribution in [0.3, 0.4) is 0 Å². The number of hydrogen-bond acceptors (Lipinski definition) is 6. The molecule has 1 heterocycles. The first-order valence-corrected chi connectivity index (χ1v) is 12.1. The lowest BCUT2D eigenvalue weighted by Gasteiger charge is -2.33. The quantitative estimate of drug-likeness (QED) is 0.648.